The van der Waals surface area contributed by atoms with Crippen LogP contribution in [0.4, 0.5) is 5.69 Å². The molecule has 0 radical (unpaired) electrons. The van der Waals surface area contributed by atoms with Crippen molar-refractivity contribution in [2.24, 2.45) is 0 Å². The Balaban J connectivity index is 2.12. The van der Waals surface area contributed by atoms with Gasteiger partial charge in [-0.1, -0.05) is 24.3 Å². The highest BCUT2D eigenvalue weighted by atomic mass is 32.2. The molecule has 0 saturated carbocycles. The van der Waals surface area contributed by atoms with E-state index in [0.717, 1.165) is 0 Å². The quantitative estimate of drug-likeness (QED) is 0.550. The highest BCUT2D eigenvalue weighted by Gasteiger charge is 2.13. The lowest BCUT2D eigenvalue weighted by Crippen LogP contribution is -2.25. The maximum atomic E-state index is 12.2. The fraction of sp³-hybridized carbons (Fsp3) is 0.0714. The van der Waals surface area contributed by atoms with Gasteiger partial charge in [-0.05, 0) is 24.3 Å². The third kappa shape index (κ3) is 4.21. The number of hydrogen-bond donors (Lipinski definition) is 3. The molecular formula is C14H14N2O5S. The van der Waals surface area contributed by atoms with E-state index < -0.39 is 15.9 Å². The predicted molar refractivity (Wildman–Crippen MR) is 79.1 cm³/mol. The van der Waals surface area contributed by atoms with Gasteiger partial charge in [0.2, 0.25) is 0 Å². The van der Waals surface area contributed by atoms with Crippen LogP contribution in [0.15, 0.2) is 59.5 Å². The molecule has 0 atom stereocenters. The van der Waals surface area contributed by atoms with Gasteiger partial charge < -0.3 is 4.74 Å². The predicted octanol–water partition coefficient (Wildman–Crippen LogP) is 1.37. The fourth-order valence-electron chi connectivity index (χ4n) is 1.64. The second-order valence-corrected chi connectivity index (χ2v) is 5.95. The zero-order chi connectivity index (χ0) is 16.0. The van der Waals surface area contributed by atoms with Crippen LogP contribution in [0.5, 0.6) is 5.75 Å². The van der Waals surface area contributed by atoms with E-state index in [1.165, 1.54) is 23.7 Å². The van der Waals surface area contributed by atoms with E-state index in [0.29, 0.717) is 5.69 Å². The number of rotatable bonds is 6. The summed E-state index contributed by atoms with van der Waals surface area (Å²) in [5.74, 6) is -0.424. The number of hydrogen-bond acceptors (Lipinski definition) is 5. The van der Waals surface area contributed by atoms with Gasteiger partial charge >= 0.3 is 0 Å². The zero-order valence-corrected chi connectivity index (χ0v) is 12.2. The highest BCUT2D eigenvalue weighted by molar-refractivity contribution is 7.92. The Morgan fingerprint density at radius 3 is 2.50 bits per heavy atom. The third-order valence-electron chi connectivity index (χ3n) is 2.63. The van der Waals surface area contributed by atoms with Crippen molar-refractivity contribution in [1.82, 2.24) is 5.48 Å². The van der Waals surface area contributed by atoms with Gasteiger partial charge in [-0.15, -0.1) is 0 Å². The second-order valence-electron chi connectivity index (χ2n) is 4.27. The molecule has 0 fully saturated rings. The van der Waals surface area contributed by atoms with E-state index in [-0.39, 0.29) is 17.3 Å². The Morgan fingerprint density at radius 2 is 1.82 bits per heavy atom. The number of benzene rings is 2. The first kappa shape index (κ1) is 15.8. The Kier molecular flexibility index (Phi) is 4.97. The summed E-state index contributed by atoms with van der Waals surface area (Å²) in [4.78, 5) is 11.0. The standard InChI is InChI=1S/C14H14N2O5S/c17-14(15-18)10-21-12-6-4-5-11(9-12)16-22(19,20)13-7-2-1-3-8-13/h1-9,16,18H,10H2,(H,15,17). The smallest absolute Gasteiger partial charge is 0.281 e. The SMILES string of the molecule is O=C(COc1cccc(NS(=O)(=O)c2ccccc2)c1)NO. The van der Waals surface area contributed by atoms with Crippen molar-refractivity contribution in [3.05, 3.63) is 54.6 Å². The van der Waals surface area contributed by atoms with Crippen LogP contribution in [0, 0.1) is 0 Å². The van der Waals surface area contributed by atoms with Crippen molar-refractivity contribution in [2.75, 3.05) is 11.3 Å². The number of sulfonamides is 1. The monoisotopic (exact) mass is 322 g/mol. The van der Waals surface area contributed by atoms with Gasteiger partial charge in [0.1, 0.15) is 5.75 Å². The number of ether oxygens (including phenoxy) is 1. The molecule has 116 valence electrons. The van der Waals surface area contributed by atoms with E-state index in [9.17, 15) is 13.2 Å². The molecule has 0 bridgehead atoms. The molecule has 8 heteroatoms. The van der Waals surface area contributed by atoms with Crippen LogP contribution in [-0.2, 0) is 14.8 Å². The molecule has 0 spiro atoms. The third-order valence-corrected chi connectivity index (χ3v) is 4.03. The maximum absolute atomic E-state index is 12.2. The summed E-state index contributed by atoms with van der Waals surface area (Å²) in [6.07, 6.45) is 0. The van der Waals surface area contributed by atoms with Crippen molar-refractivity contribution in [3.63, 3.8) is 0 Å². The van der Waals surface area contributed by atoms with E-state index in [2.05, 4.69) is 4.72 Å². The van der Waals surface area contributed by atoms with Crippen molar-refractivity contribution < 1.29 is 23.2 Å². The van der Waals surface area contributed by atoms with Crippen molar-refractivity contribution in [2.45, 2.75) is 4.90 Å². The van der Waals surface area contributed by atoms with Crippen LogP contribution in [-0.4, -0.2) is 26.1 Å². The Morgan fingerprint density at radius 1 is 1.09 bits per heavy atom. The number of amides is 1. The summed E-state index contributed by atoms with van der Waals surface area (Å²) in [5, 5.41) is 8.38. The first-order chi connectivity index (χ1) is 10.5. The minimum Gasteiger partial charge on any atom is -0.484 e. The fourth-order valence-corrected chi connectivity index (χ4v) is 2.71. The first-order valence-electron chi connectivity index (χ1n) is 6.25. The summed E-state index contributed by atoms with van der Waals surface area (Å²) < 4.78 is 31.9. The molecular weight excluding hydrogens is 308 g/mol. The Bertz CT molecular complexity index is 747. The average Bonchev–Trinajstić information content (AvgIpc) is 2.53. The number of anilines is 1. The molecule has 2 aromatic carbocycles. The molecule has 3 N–H and O–H groups in total. The molecule has 0 aliphatic heterocycles. The lowest BCUT2D eigenvalue weighted by atomic mass is 10.3. The van der Waals surface area contributed by atoms with Crippen LogP contribution >= 0.6 is 0 Å². The summed E-state index contributed by atoms with van der Waals surface area (Å²) >= 11 is 0. The molecule has 0 heterocycles. The molecule has 2 rings (SSSR count). The summed E-state index contributed by atoms with van der Waals surface area (Å²) in [5.41, 5.74) is 1.73. The molecule has 1 amide bonds. The summed E-state index contributed by atoms with van der Waals surface area (Å²) in [6, 6.07) is 14.1. The molecule has 0 aliphatic carbocycles. The lowest BCUT2D eigenvalue weighted by Gasteiger charge is -2.10. The molecule has 0 unspecified atom stereocenters. The zero-order valence-electron chi connectivity index (χ0n) is 11.4. The van der Waals surface area contributed by atoms with Gasteiger partial charge in [-0.3, -0.25) is 14.7 Å². The van der Waals surface area contributed by atoms with E-state index in [4.69, 9.17) is 9.94 Å². The number of carbonyl (C=O) groups is 1. The van der Waals surface area contributed by atoms with E-state index >= 15 is 0 Å². The van der Waals surface area contributed by atoms with Gasteiger partial charge in [0.05, 0.1) is 10.6 Å². The van der Waals surface area contributed by atoms with Crippen LogP contribution < -0.4 is 14.9 Å². The van der Waals surface area contributed by atoms with Gasteiger partial charge in [0.25, 0.3) is 15.9 Å². The normalized spacial score (nSPS) is 10.8. The molecule has 0 aromatic heterocycles. The van der Waals surface area contributed by atoms with Crippen LogP contribution in [0.3, 0.4) is 0 Å². The lowest BCUT2D eigenvalue weighted by molar-refractivity contribution is -0.131. The van der Waals surface area contributed by atoms with Gasteiger partial charge in [-0.25, -0.2) is 13.9 Å². The largest absolute Gasteiger partial charge is 0.484 e. The summed E-state index contributed by atoms with van der Waals surface area (Å²) in [7, 11) is -3.69. The van der Waals surface area contributed by atoms with Crippen LogP contribution in [0.2, 0.25) is 0 Å². The highest BCUT2D eigenvalue weighted by Crippen LogP contribution is 2.20. The van der Waals surface area contributed by atoms with Crippen molar-refractivity contribution in [1.29, 1.82) is 0 Å². The Hall–Kier alpha value is -2.58. The van der Waals surface area contributed by atoms with Gasteiger partial charge in [0, 0.05) is 6.07 Å². The maximum Gasteiger partial charge on any atom is 0.281 e. The van der Waals surface area contributed by atoms with Crippen LogP contribution in [0.1, 0.15) is 0 Å². The van der Waals surface area contributed by atoms with Gasteiger partial charge in [-0.2, -0.15) is 0 Å². The van der Waals surface area contributed by atoms with Crippen molar-refractivity contribution >= 4 is 21.6 Å². The van der Waals surface area contributed by atoms with E-state index in [1.807, 2.05) is 0 Å². The molecule has 0 saturated heterocycles. The Labute approximate surface area is 127 Å². The minimum absolute atomic E-state index is 0.140. The molecule has 22 heavy (non-hydrogen) atoms. The first-order valence-corrected chi connectivity index (χ1v) is 7.73. The minimum atomic E-state index is -3.69. The topological polar surface area (TPSA) is 105 Å². The molecule has 2 aromatic rings. The molecule has 7 nitrogen and oxygen atoms in total. The number of carbonyl (C=O) groups excluding carboxylic acids is 1. The van der Waals surface area contributed by atoms with E-state index in [1.54, 1.807) is 36.4 Å². The molecule has 0 aliphatic rings. The van der Waals surface area contributed by atoms with Crippen LogP contribution in [0.25, 0.3) is 0 Å². The number of nitrogens with one attached hydrogen (secondary N) is 2. The summed E-state index contributed by atoms with van der Waals surface area (Å²) in [6.45, 7) is -0.384. The number of hydroxylamine groups is 1. The second kappa shape index (κ2) is 6.92. The van der Waals surface area contributed by atoms with Gasteiger partial charge in [0.15, 0.2) is 6.61 Å². The van der Waals surface area contributed by atoms with Crippen molar-refractivity contribution in [3.8, 4) is 5.75 Å². The average molecular weight is 322 g/mol.